The van der Waals surface area contributed by atoms with Crippen molar-refractivity contribution in [3.8, 4) is 0 Å². The minimum absolute atomic E-state index is 0.0725. The highest BCUT2D eigenvalue weighted by Gasteiger charge is 2.19. The molecule has 0 aliphatic rings. The largest absolute Gasteiger partial charge is 0.467 e. The standard InChI is InChI=1S/C21H17N3O4S/c25-21(23-14-18-9-4-12-28-18)16-6-1-8-17(13-16)24-29(26,27)19-10-2-5-15-7-3-11-22-20(15)19/h1-13,24H,14H2,(H,23,25). The van der Waals surface area contributed by atoms with Crippen LogP contribution in [-0.4, -0.2) is 19.3 Å². The molecule has 7 nitrogen and oxygen atoms in total. The van der Waals surface area contributed by atoms with Gasteiger partial charge in [0.25, 0.3) is 15.9 Å². The van der Waals surface area contributed by atoms with Gasteiger partial charge in [0.15, 0.2) is 0 Å². The van der Waals surface area contributed by atoms with Crippen molar-refractivity contribution in [3.05, 3.63) is 90.5 Å². The number of amides is 1. The quantitative estimate of drug-likeness (QED) is 0.509. The number of nitrogens with one attached hydrogen (secondary N) is 2. The molecule has 0 aliphatic heterocycles. The molecule has 0 bridgehead atoms. The van der Waals surface area contributed by atoms with Crippen LogP contribution in [0.3, 0.4) is 0 Å². The third-order valence-corrected chi connectivity index (χ3v) is 5.68. The van der Waals surface area contributed by atoms with Crippen LogP contribution in [0, 0.1) is 0 Å². The first-order valence-corrected chi connectivity index (χ1v) is 10.3. The van der Waals surface area contributed by atoms with E-state index in [9.17, 15) is 13.2 Å². The molecular weight excluding hydrogens is 390 g/mol. The van der Waals surface area contributed by atoms with E-state index in [1.165, 1.54) is 18.4 Å². The summed E-state index contributed by atoms with van der Waals surface area (Å²) in [6.07, 6.45) is 3.07. The second-order valence-electron chi connectivity index (χ2n) is 6.28. The van der Waals surface area contributed by atoms with Gasteiger partial charge in [-0.25, -0.2) is 8.42 Å². The number of aromatic nitrogens is 1. The van der Waals surface area contributed by atoms with Gasteiger partial charge in [-0.15, -0.1) is 0 Å². The number of carbonyl (C=O) groups is 1. The van der Waals surface area contributed by atoms with Gasteiger partial charge < -0.3 is 9.73 Å². The predicted octanol–water partition coefficient (Wildman–Crippen LogP) is 3.56. The number of para-hydroxylation sites is 1. The lowest BCUT2D eigenvalue weighted by molar-refractivity contribution is 0.0948. The molecule has 0 saturated carbocycles. The molecule has 29 heavy (non-hydrogen) atoms. The van der Waals surface area contributed by atoms with Crippen LogP contribution in [0.2, 0.25) is 0 Å². The number of pyridine rings is 1. The zero-order valence-electron chi connectivity index (χ0n) is 15.2. The van der Waals surface area contributed by atoms with Crippen molar-refractivity contribution >= 4 is 32.5 Å². The number of carbonyl (C=O) groups excluding carboxylic acids is 1. The Kier molecular flexibility index (Phi) is 5.01. The Morgan fingerprint density at radius 1 is 1.00 bits per heavy atom. The number of furan rings is 1. The summed E-state index contributed by atoms with van der Waals surface area (Å²) in [6.45, 7) is 0.240. The first kappa shape index (κ1) is 18.7. The number of anilines is 1. The van der Waals surface area contributed by atoms with E-state index >= 15 is 0 Å². The Morgan fingerprint density at radius 2 is 1.83 bits per heavy atom. The number of benzene rings is 2. The second kappa shape index (κ2) is 7.76. The smallest absolute Gasteiger partial charge is 0.264 e. The molecule has 8 heteroatoms. The topological polar surface area (TPSA) is 101 Å². The van der Waals surface area contributed by atoms with Crippen molar-refractivity contribution in [2.45, 2.75) is 11.4 Å². The van der Waals surface area contributed by atoms with Crippen molar-refractivity contribution in [2.24, 2.45) is 0 Å². The highest BCUT2D eigenvalue weighted by atomic mass is 32.2. The first-order valence-electron chi connectivity index (χ1n) is 8.80. The SMILES string of the molecule is O=C(NCc1ccco1)c1cccc(NS(=O)(=O)c2cccc3cccnc23)c1. The molecule has 0 fully saturated rings. The third kappa shape index (κ3) is 4.12. The molecule has 0 spiro atoms. The second-order valence-corrected chi connectivity index (χ2v) is 7.93. The summed E-state index contributed by atoms with van der Waals surface area (Å²) in [6, 6.07) is 18.3. The fourth-order valence-corrected chi connectivity index (χ4v) is 4.14. The maximum atomic E-state index is 12.9. The summed E-state index contributed by atoms with van der Waals surface area (Å²) in [7, 11) is -3.89. The molecule has 0 saturated heterocycles. The number of sulfonamides is 1. The van der Waals surface area contributed by atoms with Crippen LogP contribution in [0.1, 0.15) is 16.1 Å². The lowest BCUT2D eigenvalue weighted by Gasteiger charge is -2.11. The highest BCUT2D eigenvalue weighted by Crippen LogP contribution is 2.23. The molecule has 0 aliphatic carbocycles. The molecule has 4 aromatic rings. The van der Waals surface area contributed by atoms with E-state index in [0.29, 0.717) is 16.8 Å². The fraction of sp³-hybridized carbons (Fsp3) is 0.0476. The molecule has 0 radical (unpaired) electrons. The minimum atomic E-state index is -3.89. The van der Waals surface area contributed by atoms with Crippen LogP contribution in [0.25, 0.3) is 10.9 Å². The molecular formula is C21H17N3O4S. The number of nitrogens with zero attached hydrogens (tertiary/aromatic N) is 1. The molecule has 2 aromatic carbocycles. The summed E-state index contributed by atoms with van der Waals surface area (Å²) >= 11 is 0. The lowest BCUT2D eigenvalue weighted by Crippen LogP contribution is -2.22. The summed E-state index contributed by atoms with van der Waals surface area (Å²) in [4.78, 5) is 16.6. The fourth-order valence-electron chi connectivity index (χ4n) is 2.91. The van der Waals surface area contributed by atoms with Gasteiger partial charge in [0.2, 0.25) is 0 Å². The summed E-state index contributed by atoms with van der Waals surface area (Å²) < 4.78 is 33.5. The van der Waals surface area contributed by atoms with Gasteiger partial charge in [-0.3, -0.25) is 14.5 Å². The Bertz CT molecular complexity index is 1260. The monoisotopic (exact) mass is 407 g/mol. The van der Waals surface area contributed by atoms with Crippen LogP contribution < -0.4 is 10.0 Å². The molecule has 0 atom stereocenters. The van der Waals surface area contributed by atoms with E-state index in [1.807, 2.05) is 0 Å². The van der Waals surface area contributed by atoms with Gasteiger partial charge >= 0.3 is 0 Å². The molecule has 2 heterocycles. The van der Waals surface area contributed by atoms with Crippen molar-refractivity contribution in [1.82, 2.24) is 10.3 Å². The van der Waals surface area contributed by atoms with Crippen molar-refractivity contribution in [2.75, 3.05) is 4.72 Å². The van der Waals surface area contributed by atoms with Gasteiger partial charge in [0.1, 0.15) is 10.7 Å². The average molecular weight is 407 g/mol. The number of hydrogen-bond donors (Lipinski definition) is 2. The number of hydrogen-bond acceptors (Lipinski definition) is 5. The van der Waals surface area contributed by atoms with Crippen molar-refractivity contribution in [3.63, 3.8) is 0 Å². The van der Waals surface area contributed by atoms with Gasteiger partial charge in [-0.1, -0.05) is 24.3 Å². The predicted molar refractivity (Wildman–Crippen MR) is 109 cm³/mol. The van der Waals surface area contributed by atoms with Crippen LogP contribution >= 0.6 is 0 Å². The Labute approximate surface area is 167 Å². The number of fused-ring (bicyclic) bond motifs is 1. The molecule has 4 rings (SSSR count). The maximum absolute atomic E-state index is 12.9. The molecule has 2 aromatic heterocycles. The summed E-state index contributed by atoms with van der Waals surface area (Å²) in [5.74, 6) is 0.285. The molecule has 1 amide bonds. The van der Waals surface area contributed by atoms with Crippen LogP contribution in [0.4, 0.5) is 5.69 Å². The summed E-state index contributed by atoms with van der Waals surface area (Å²) in [5, 5.41) is 3.45. The minimum Gasteiger partial charge on any atom is -0.467 e. The third-order valence-electron chi connectivity index (χ3n) is 4.27. The first-order chi connectivity index (χ1) is 14.0. The molecule has 146 valence electrons. The average Bonchev–Trinajstić information content (AvgIpc) is 3.25. The van der Waals surface area contributed by atoms with Gasteiger partial charge in [-0.05, 0) is 42.5 Å². The Hall–Kier alpha value is -3.65. The number of rotatable bonds is 6. The van der Waals surface area contributed by atoms with E-state index in [2.05, 4.69) is 15.0 Å². The van der Waals surface area contributed by atoms with E-state index < -0.39 is 10.0 Å². The zero-order valence-corrected chi connectivity index (χ0v) is 16.0. The zero-order chi connectivity index (χ0) is 20.3. The van der Waals surface area contributed by atoms with Crippen LogP contribution in [0.15, 0.2) is 88.5 Å². The lowest BCUT2D eigenvalue weighted by atomic mass is 10.2. The van der Waals surface area contributed by atoms with Crippen molar-refractivity contribution in [1.29, 1.82) is 0 Å². The molecule has 2 N–H and O–H groups in total. The van der Waals surface area contributed by atoms with Crippen molar-refractivity contribution < 1.29 is 17.6 Å². The van der Waals surface area contributed by atoms with E-state index in [4.69, 9.17) is 4.42 Å². The normalized spacial score (nSPS) is 11.3. The van der Waals surface area contributed by atoms with Crippen LogP contribution in [0.5, 0.6) is 0 Å². The van der Waals surface area contributed by atoms with E-state index in [1.54, 1.807) is 60.8 Å². The van der Waals surface area contributed by atoms with Gasteiger partial charge in [0, 0.05) is 22.8 Å². The maximum Gasteiger partial charge on any atom is 0.264 e. The molecule has 0 unspecified atom stereocenters. The van der Waals surface area contributed by atoms with Gasteiger partial charge in [-0.2, -0.15) is 0 Å². The van der Waals surface area contributed by atoms with E-state index in [0.717, 1.165) is 5.39 Å². The Morgan fingerprint density at radius 3 is 2.66 bits per heavy atom. The highest BCUT2D eigenvalue weighted by molar-refractivity contribution is 7.93. The van der Waals surface area contributed by atoms with Gasteiger partial charge in [0.05, 0.1) is 18.3 Å². The Balaban J connectivity index is 1.56. The summed E-state index contributed by atoms with van der Waals surface area (Å²) in [5.41, 5.74) is 0.992. The van der Waals surface area contributed by atoms with Crippen LogP contribution in [-0.2, 0) is 16.6 Å². The van der Waals surface area contributed by atoms with E-state index in [-0.39, 0.29) is 23.0 Å².